The van der Waals surface area contributed by atoms with Crippen molar-refractivity contribution in [2.45, 2.75) is 13.0 Å². The zero-order chi connectivity index (χ0) is 9.26. The fourth-order valence-electron chi connectivity index (χ4n) is 1.51. The Morgan fingerprint density at radius 2 is 2.00 bits per heavy atom. The van der Waals surface area contributed by atoms with Gasteiger partial charge in [-0.15, -0.1) is 0 Å². The number of carboxylic acids is 1. The quantitative estimate of drug-likeness (QED) is 0.669. The Morgan fingerprint density at radius 1 is 1.31 bits per heavy atom. The standard InChI is InChI=1S/C10H10NO2/c12-10(13)9-5-7-3-1-2-4-8(7)6-11-9/h1-4,11H,5-6H2,(H,12,13). The van der Waals surface area contributed by atoms with E-state index in [1.54, 1.807) is 0 Å². The molecule has 2 N–H and O–H groups in total. The fraction of sp³-hybridized carbons (Fsp3) is 0.200. The van der Waals surface area contributed by atoms with Crippen LogP contribution < -0.4 is 5.32 Å². The lowest BCUT2D eigenvalue weighted by molar-refractivity contribution is -0.135. The molecule has 13 heavy (non-hydrogen) atoms. The van der Waals surface area contributed by atoms with Gasteiger partial charge < -0.3 is 5.11 Å². The van der Waals surface area contributed by atoms with Crippen LogP contribution in [0.4, 0.5) is 0 Å². The molecule has 0 fully saturated rings. The van der Waals surface area contributed by atoms with Gasteiger partial charge in [0.2, 0.25) is 0 Å². The molecule has 0 saturated carbocycles. The van der Waals surface area contributed by atoms with Gasteiger partial charge >= 0.3 is 5.97 Å². The molecule has 3 nitrogen and oxygen atoms in total. The number of hydrogen-bond donors (Lipinski definition) is 2. The van der Waals surface area contributed by atoms with E-state index >= 15 is 0 Å². The highest BCUT2D eigenvalue weighted by Gasteiger charge is 2.23. The summed E-state index contributed by atoms with van der Waals surface area (Å²) in [6.45, 7) is 0.623. The molecular weight excluding hydrogens is 166 g/mol. The minimum atomic E-state index is -0.852. The molecule has 1 heterocycles. The van der Waals surface area contributed by atoms with Crippen LogP contribution in [0.5, 0.6) is 0 Å². The van der Waals surface area contributed by atoms with Crippen LogP contribution in [0.3, 0.4) is 0 Å². The van der Waals surface area contributed by atoms with E-state index in [-0.39, 0.29) is 0 Å². The third-order valence-corrected chi connectivity index (χ3v) is 2.24. The number of benzene rings is 1. The van der Waals surface area contributed by atoms with E-state index in [4.69, 9.17) is 5.11 Å². The average Bonchev–Trinajstić information content (AvgIpc) is 2.17. The van der Waals surface area contributed by atoms with E-state index in [2.05, 4.69) is 5.32 Å². The van der Waals surface area contributed by atoms with Gasteiger partial charge in [0.25, 0.3) is 0 Å². The van der Waals surface area contributed by atoms with Crippen molar-refractivity contribution in [3.05, 3.63) is 41.4 Å². The van der Waals surface area contributed by atoms with Crippen molar-refractivity contribution in [1.29, 1.82) is 0 Å². The zero-order valence-corrected chi connectivity index (χ0v) is 7.08. The Kier molecular flexibility index (Phi) is 2.02. The maximum absolute atomic E-state index is 10.7. The number of fused-ring (bicyclic) bond motifs is 1. The number of nitrogens with one attached hydrogen (secondary N) is 1. The fourth-order valence-corrected chi connectivity index (χ4v) is 1.51. The predicted octanol–water partition coefficient (Wildman–Crippen LogP) is 0.949. The molecule has 0 amide bonds. The van der Waals surface area contributed by atoms with Crippen LogP contribution in [0.15, 0.2) is 24.3 Å². The van der Waals surface area contributed by atoms with E-state index in [0.29, 0.717) is 19.0 Å². The summed E-state index contributed by atoms with van der Waals surface area (Å²) in [5.41, 5.74) is 2.30. The summed E-state index contributed by atoms with van der Waals surface area (Å²) in [6, 6.07) is 8.27. The minimum absolute atomic E-state index is 0.388. The van der Waals surface area contributed by atoms with Crippen LogP contribution >= 0.6 is 0 Å². The Balaban J connectivity index is 2.24. The lowest BCUT2D eigenvalue weighted by atomic mass is 9.96. The van der Waals surface area contributed by atoms with E-state index in [9.17, 15) is 4.79 Å². The number of rotatable bonds is 1. The van der Waals surface area contributed by atoms with Gasteiger partial charge in [-0.2, -0.15) is 0 Å². The molecule has 0 aliphatic carbocycles. The molecule has 1 aromatic rings. The molecule has 0 unspecified atom stereocenters. The Labute approximate surface area is 76.4 Å². The molecule has 0 aromatic heterocycles. The van der Waals surface area contributed by atoms with Crippen molar-refractivity contribution in [2.24, 2.45) is 0 Å². The molecule has 1 aliphatic rings. The lowest BCUT2D eigenvalue weighted by Gasteiger charge is -2.21. The molecule has 2 rings (SSSR count). The first kappa shape index (κ1) is 8.26. The second-order valence-corrected chi connectivity index (χ2v) is 3.08. The van der Waals surface area contributed by atoms with Crippen LogP contribution in [0, 0.1) is 6.04 Å². The summed E-state index contributed by atoms with van der Waals surface area (Å²) >= 11 is 0. The normalized spacial score (nSPS) is 16.6. The Bertz CT molecular complexity index is 335. The van der Waals surface area contributed by atoms with Gasteiger partial charge in [0.1, 0.15) is 0 Å². The van der Waals surface area contributed by atoms with Gasteiger partial charge in [-0.05, 0) is 11.1 Å². The summed E-state index contributed by atoms with van der Waals surface area (Å²) in [4.78, 5) is 10.7. The molecule has 1 radical (unpaired) electrons. The van der Waals surface area contributed by atoms with Crippen LogP contribution in [0.25, 0.3) is 0 Å². The van der Waals surface area contributed by atoms with Crippen molar-refractivity contribution in [2.75, 3.05) is 0 Å². The molecule has 3 heteroatoms. The van der Waals surface area contributed by atoms with Crippen LogP contribution in [0.2, 0.25) is 0 Å². The van der Waals surface area contributed by atoms with Crippen LogP contribution in [-0.4, -0.2) is 11.1 Å². The third kappa shape index (κ3) is 1.55. The maximum Gasteiger partial charge on any atom is 0.326 e. The summed E-state index contributed by atoms with van der Waals surface area (Å²) in [6.07, 6.45) is 0.505. The first-order chi connectivity index (χ1) is 6.27. The predicted molar refractivity (Wildman–Crippen MR) is 47.9 cm³/mol. The maximum atomic E-state index is 10.7. The number of carboxylic acid groups (broad SMARTS) is 1. The highest BCUT2D eigenvalue weighted by Crippen LogP contribution is 2.19. The highest BCUT2D eigenvalue weighted by atomic mass is 16.4. The summed E-state index contributed by atoms with van der Waals surface area (Å²) in [5.74, 6) is -0.852. The molecule has 1 aromatic carbocycles. The summed E-state index contributed by atoms with van der Waals surface area (Å²) < 4.78 is 0. The van der Waals surface area contributed by atoms with Crippen molar-refractivity contribution < 1.29 is 9.90 Å². The van der Waals surface area contributed by atoms with Gasteiger partial charge in [0, 0.05) is 13.0 Å². The van der Waals surface area contributed by atoms with Crippen LogP contribution in [0.1, 0.15) is 11.1 Å². The smallest absolute Gasteiger partial charge is 0.326 e. The summed E-state index contributed by atoms with van der Waals surface area (Å²) in [7, 11) is 0. The van der Waals surface area contributed by atoms with Crippen molar-refractivity contribution in [3.8, 4) is 0 Å². The van der Waals surface area contributed by atoms with Crippen molar-refractivity contribution in [1.82, 2.24) is 5.32 Å². The number of carbonyl (C=O) groups is 1. The molecule has 0 spiro atoms. The Morgan fingerprint density at radius 3 is 2.69 bits per heavy atom. The molecule has 0 atom stereocenters. The topological polar surface area (TPSA) is 49.3 Å². The van der Waals surface area contributed by atoms with Gasteiger partial charge in [-0.25, -0.2) is 0 Å². The minimum Gasteiger partial charge on any atom is -0.480 e. The van der Waals surface area contributed by atoms with Crippen LogP contribution in [-0.2, 0) is 17.8 Å². The van der Waals surface area contributed by atoms with E-state index in [1.807, 2.05) is 24.3 Å². The highest BCUT2D eigenvalue weighted by molar-refractivity contribution is 5.83. The molecule has 0 bridgehead atoms. The van der Waals surface area contributed by atoms with E-state index in [0.717, 1.165) is 5.56 Å². The summed E-state index contributed by atoms with van der Waals surface area (Å²) in [5, 5.41) is 11.7. The first-order valence-corrected chi connectivity index (χ1v) is 4.17. The van der Waals surface area contributed by atoms with Gasteiger partial charge in [0.15, 0.2) is 6.04 Å². The monoisotopic (exact) mass is 176 g/mol. The average molecular weight is 176 g/mol. The van der Waals surface area contributed by atoms with Crippen molar-refractivity contribution in [3.63, 3.8) is 0 Å². The number of aliphatic carboxylic acids is 1. The second-order valence-electron chi connectivity index (χ2n) is 3.08. The van der Waals surface area contributed by atoms with E-state index in [1.165, 1.54) is 5.56 Å². The SMILES string of the molecule is O=C(O)[C]1Cc2ccccc2CN1. The third-order valence-electron chi connectivity index (χ3n) is 2.24. The van der Waals surface area contributed by atoms with Gasteiger partial charge in [-0.3, -0.25) is 10.1 Å². The lowest BCUT2D eigenvalue weighted by Crippen LogP contribution is -2.34. The van der Waals surface area contributed by atoms with Gasteiger partial charge in [-0.1, -0.05) is 24.3 Å². The Hall–Kier alpha value is -1.35. The molecule has 0 saturated heterocycles. The molecule has 1 aliphatic heterocycles. The second kappa shape index (κ2) is 3.18. The zero-order valence-electron chi connectivity index (χ0n) is 7.08. The van der Waals surface area contributed by atoms with E-state index < -0.39 is 5.97 Å². The van der Waals surface area contributed by atoms with Gasteiger partial charge in [0.05, 0.1) is 0 Å². The molecular formula is C10H10NO2. The largest absolute Gasteiger partial charge is 0.480 e. The van der Waals surface area contributed by atoms with Crippen molar-refractivity contribution >= 4 is 5.97 Å². The first-order valence-electron chi connectivity index (χ1n) is 4.17. The molecule has 67 valence electrons. The number of hydrogen-bond acceptors (Lipinski definition) is 2.